The molecule has 0 radical (unpaired) electrons. The van der Waals surface area contributed by atoms with Crippen LogP contribution in [0, 0.1) is 0 Å². The third-order valence-corrected chi connectivity index (χ3v) is 3.46. The summed E-state index contributed by atoms with van der Waals surface area (Å²) in [6, 6.07) is 10.3. The summed E-state index contributed by atoms with van der Waals surface area (Å²) in [7, 11) is 0. The maximum atomic E-state index is 6.09. The highest BCUT2D eigenvalue weighted by molar-refractivity contribution is 6.29. The van der Waals surface area contributed by atoms with Crippen LogP contribution in [0.3, 0.4) is 0 Å². The summed E-state index contributed by atoms with van der Waals surface area (Å²) in [5.41, 5.74) is 3.47. The Hall–Kier alpha value is -1.41. The number of hydrogen-bond donors (Lipinski definition) is 0. The van der Waals surface area contributed by atoms with Gasteiger partial charge in [-0.25, -0.2) is 9.97 Å². The average molecular weight is 289 g/mol. The first-order chi connectivity index (χ1) is 9.40. The highest BCUT2D eigenvalue weighted by atomic mass is 35.5. The van der Waals surface area contributed by atoms with Crippen LogP contribution >= 0.6 is 11.6 Å². The van der Waals surface area contributed by atoms with Gasteiger partial charge in [0.2, 0.25) is 0 Å². The largest absolute Gasteiger partial charge is 0.233 e. The number of nitrogens with zero attached hydrogens (tertiary/aromatic N) is 2. The van der Waals surface area contributed by atoms with Crippen LogP contribution in [0.15, 0.2) is 30.3 Å². The molecule has 0 fully saturated rings. The summed E-state index contributed by atoms with van der Waals surface area (Å²) in [4.78, 5) is 8.92. The van der Waals surface area contributed by atoms with Crippen LogP contribution in [0.2, 0.25) is 5.15 Å². The second-order valence-electron chi connectivity index (χ2n) is 6.08. The van der Waals surface area contributed by atoms with E-state index in [1.807, 2.05) is 6.07 Å². The lowest BCUT2D eigenvalue weighted by Crippen LogP contribution is -2.10. The van der Waals surface area contributed by atoms with E-state index in [0.29, 0.717) is 11.0 Å². The quantitative estimate of drug-likeness (QED) is 0.739. The molecule has 0 bridgehead atoms. The van der Waals surface area contributed by atoms with Crippen LogP contribution in [-0.4, -0.2) is 9.97 Å². The van der Waals surface area contributed by atoms with Gasteiger partial charge in [0.05, 0.1) is 0 Å². The first-order valence-electron chi connectivity index (χ1n) is 7.04. The van der Waals surface area contributed by atoms with E-state index in [1.54, 1.807) is 0 Å². The molecule has 20 heavy (non-hydrogen) atoms. The van der Waals surface area contributed by atoms with E-state index < -0.39 is 0 Å². The molecule has 0 aliphatic carbocycles. The molecule has 0 aliphatic rings. The lowest BCUT2D eigenvalue weighted by atomic mass is 9.87. The summed E-state index contributed by atoms with van der Waals surface area (Å²) >= 11 is 6.09. The molecule has 0 saturated heterocycles. The third kappa shape index (κ3) is 3.57. The van der Waals surface area contributed by atoms with Crippen LogP contribution in [0.1, 0.15) is 45.4 Å². The van der Waals surface area contributed by atoms with Crippen LogP contribution in [0.5, 0.6) is 0 Å². The number of rotatable bonds is 3. The Bertz CT molecular complexity index is 583. The summed E-state index contributed by atoms with van der Waals surface area (Å²) in [5.74, 6) is 0.710. The molecule has 3 heteroatoms. The van der Waals surface area contributed by atoms with Gasteiger partial charge < -0.3 is 0 Å². The van der Waals surface area contributed by atoms with Crippen molar-refractivity contribution in [2.75, 3.05) is 0 Å². The van der Waals surface area contributed by atoms with Gasteiger partial charge in [-0.15, -0.1) is 0 Å². The second-order valence-corrected chi connectivity index (χ2v) is 6.47. The maximum absolute atomic E-state index is 6.09. The van der Waals surface area contributed by atoms with Crippen molar-refractivity contribution in [1.29, 1.82) is 0 Å². The predicted molar refractivity (Wildman–Crippen MR) is 85.2 cm³/mol. The van der Waals surface area contributed by atoms with Crippen molar-refractivity contribution in [2.45, 2.75) is 46.0 Å². The van der Waals surface area contributed by atoms with Crippen LogP contribution < -0.4 is 0 Å². The topological polar surface area (TPSA) is 25.8 Å². The molecule has 0 spiro atoms. The van der Waals surface area contributed by atoms with Crippen molar-refractivity contribution < 1.29 is 0 Å². The predicted octanol–water partition coefficient (Wildman–Crippen LogP) is 5.05. The van der Waals surface area contributed by atoms with E-state index in [-0.39, 0.29) is 5.41 Å². The number of aromatic nitrogens is 2. The molecule has 1 aromatic carbocycles. The van der Waals surface area contributed by atoms with E-state index in [1.165, 1.54) is 5.56 Å². The molecule has 2 nitrogen and oxygen atoms in total. The summed E-state index contributed by atoms with van der Waals surface area (Å²) in [6.07, 6.45) is 1.98. The Morgan fingerprint density at radius 3 is 2.25 bits per heavy atom. The molecule has 106 valence electrons. The number of halogens is 1. The molecule has 0 unspecified atom stereocenters. The van der Waals surface area contributed by atoms with Crippen molar-refractivity contribution in [1.82, 2.24) is 9.97 Å². The molecule has 0 atom stereocenters. The van der Waals surface area contributed by atoms with E-state index in [9.17, 15) is 0 Å². The van der Waals surface area contributed by atoms with Crippen LogP contribution in [0.25, 0.3) is 11.4 Å². The Morgan fingerprint density at radius 2 is 1.70 bits per heavy atom. The summed E-state index contributed by atoms with van der Waals surface area (Å²) < 4.78 is 0. The number of aryl methyl sites for hydroxylation is 1. The average Bonchev–Trinajstić information content (AvgIpc) is 2.37. The fraction of sp³-hybridized carbons (Fsp3) is 0.412. The zero-order chi connectivity index (χ0) is 14.8. The van der Waals surface area contributed by atoms with Crippen molar-refractivity contribution in [3.63, 3.8) is 0 Å². The molecular formula is C17H21ClN2. The van der Waals surface area contributed by atoms with Crippen molar-refractivity contribution in [2.24, 2.45) is 0 Å². The Balaban J connectivity index is 2.36. The Morgan fingerprint density at radius 1 is 1.05 bits per heavy atom. The van der Waals surface area contributed by atoms with E-state index in [4.69, 9.17) is 11.6 Å². The zero-order valence-electron chi connectivity index (χ0n) is 12.6. The minimum atomic E-state index is 0.154. The fourth-order valence-corrected chi connectivity index (χ4v) is 2.30. The van der Waals surface area contributed by atoms with Crippen molar-refractivity contribution in [3.05, 3.63) is 46.7 Å². The molecular weight excluding hydrogens is 268 g/mol. The molecule has 0 saturated carbocycles. The zero-order valence-corrected chi connectivity index (χ0v) is 13.3. The van der Waals surface area contributed by atoms with Gasteiger partial charge in [0.1, 0.15) is 5.15 Å². The lowest BCUT2D eigenvalue weighted by molar-refractivity contribution is 0.590. The van der Waals surface area contributed by atoms with E-state index in [0.717, 1.165) is 24.1 Å². The Labute approximate surface area is 126 Å². The number of benzene rings is 1. The van der Waals surface area contributed by atoms with Crippen LogP contribution in [-0.2, 0) is 11.8 Å². The summed E-state index contributed by atoms with van der Waals surface area (Å²) in [5, 5.41) is 0.512. The van der Waals surface area contributed by atoms with Gasteiger partial charge in [0.15, 0.2) is 5.82 Å². The maximum Gasteiger partial charge on any atom is 0.161 e. The van der Waals surface area contributed by atoms with Gasteiger partial charge in [-0.2, -0.15) is 0 Å². The smallest absolute Gasteiger partial charge is 0.161 e. The monoisotopic (exact) mass is 288 g/mol. The van der Waals surface area contributed by atoms with Gasteiger partial charge >= 0.3 is 0 Å². The van der Waals surface area contributed by atoms with Gasteiger partial charge in [-0.1, -0.05) is 70.0 Å². The molecule has 1 aromatic heterocycles. The minimum absolute atomic E-state index is 0.154. The number of hydrogen-bond acceptors (Lipinski definition) is 2. The highest BCUT2D eigenvalue weighted by Gasteiger charge is 2.13. The van der Waals surface area contributed by atoms with E-state index in [2.05, 4.69) is 61.9 Å². The standard InChI is InChI=1S/C17H21ClN2/c1-5-6-14-11-15(18)20-16(19-14)12-7-9-13(10-8-12)17(2,3)4/h7-11H,5-6H2,1-4H3. The first kappa shape index (κ1) is 15.0. The summed E-state index contributed by atoms with van der Waals surface area (Å²) in [6.45, 7) is 8.75. The van der Waals surface area contributed by atoms with Crippen molar-refractivity contribution in [3.8, 4) is 11.4 Å². The molecule has 0 amide bonds. The second kappa shape index (κ2) is 5.92. The van der Waals surface area contributed by atoms with Crippen LogP contribution in [0.4, 0.5) is 0 Å². The van der Waals surface area contributed by atoms with Gasteiger partial charge in [-0.3, -0.25) is 0 Å². The first-order valence-corrected chi connectivity index (χ1v) is 7.42. The van der Waals surface area contributed by atoms with Gasteiger partial charge in [0, 0.05) is 11.3 Å². The lowest BCUT2D eigenvalue weighted by Gasteiger charge is -2.19. The van der Waals surface area contributed by atoms with Crippen molar-refractivity contribution >= 4 is 11.6 Å². The van der Waals surface area contributed by atoms with Gasteiger partial charge in [0.25, 0.3) is 0 Å². The highest BCUT2D eigenvalue weighted by Crippen LogP contribution is 2.25. The normalized spacial score (nSPS) is 11.7. The molecule has 2 aromatic rings. The molecule has 0 aliphatic heterocycles. The SMILES string of the molecule is CCCc1cc(Cl)nc(-c2ccc(C(C)(C)C)cc2)n1. The van der Waals surface area contributed by atoms with E-state index >= 15 is 0 Å². The molecule has 2 rings (SSSR count). The molecule has 0 N–H and O–H groups in total. The van der Waals surface area contributed by atoms with Gasteiger partial charge in [-0.05, 0) is 23.5 Å². The fourth-order valence-electron chi connectivity index (χ4n) is 2.10. The third-order valence-electron chi connectivity index (χ3n) is 3.26. The molecule has 1 heterocycles. The minimum Gasteiger partial charge on any atom is -0.233 e. The Kier molecular flexibility index (Phi) is 4.44.